The Morgan fingerprint density at radius 1 is 0.667 bits per heavy atom. The van der Waals surface area contributed by atoms with E-state index in [-0.39, 0.29) is 17.4 Å². The Hall–Kier alpha value is -0.516. The lowest BCUT2D eigenvalue weighted by atomic mass is 9.93. The fourth-order valence-electron chi connectivity index (χ4n) is 1.45. The topological polar surface area (TPSA) is 9.23 Å². The fourth-order valence-corrected chi connectivity index (χ4v) is 3.91. The molecule has 0 aliphatic carbocycles. The highest BCUT2D eigenvalue weighted by Crippen LogP contribution is 2.61. The van der Waals surface area contributed by atoms with Crippen LogP contribution in [-0.4, -0.2) is 56.0 Å². The molecule has 0 saturated heterocycles. The summed E-state index contributed by atoms with van der Waals surface area (Å²) in [5.41, 5.74) is -2.74. The molecule has 0 N–H and O–H groups in total. The summed E-state index contributed by atoms with van der Waals surface area (Å²) in [6.45, 7) is 0.203. The normalized spacial score (nSPS) is 17.8. The average Bonchev–Trinajstić information content (AvgIpc) is 2.36. The molecule has 0 heterocycles. The lowest BCUT2D eigenvalue weighted by molar-refractivity contribution is -0.439. The van der Waals surface area contributed by atoms with Crippen LogP contribution in [0.15, 0.2) is 0 Å². The second-order valence-corrected chi connectivity index (χ2v) is 8.64. The molecule has 0 bridgehead atoms. The van der Waals surface area contributed by atoms with Gasteiger partial charge in [0.2, 0.25) is 0 Å². The summed E-state index contributed by atoms with van der Waals surface area (Å²) in [4.78, 5) is 0. The minimum absolute atomic E-state index is 0.203. The van der Waals surface area contributed by atoms with Gasteiger partial charge in [-0.05, 0) is 0 Å². The van der Waals surface area contributed by atoms with Crippen LogP contribution in [0.2, 0.25) is 5.54 Å². The van der Waals surface area contributed by atoms with Crippen LogP contribution < -0.4 is 0 Å². The maximum Gasteiger partial charge on any atom is 0.460 e. The molecule has 0 saturated carbocycles. The number of alkyl halides is 13. The van der Waals surface area contributed by atoms with Crippen molar-refractivity contribution >= 4 is 20.2 Å². The fraction of sp³-hybridized carbons (Fsp3) is 1.00. The Bertz CT molecular complexity index is 446. The van der Waals surface area contributed by atoms with Crippen molar-refractivity contribution in [3.63, 3.8) is 0 Å². The Morgan fingerprint density at radius 3 is 1.29 bits per heavy atom. The van der Waals surface area contributed by atoms with Crippen LogP contribution >= 0.6 is 0 Å². The van der Waals surface area contributed by atoms with Crippen molar-refractivity contribution < 1.29 is 61.2 Å². The first kappa shape index (κ1) is 23.5. The largest absolute Gasteiger partial charge is 0.468 e. The van der Waals surface area contributed by atoms with Crippen LogP contribution in [0.1, 0.15) is 6.92 Å². The predicted octanol–water partition coefficient (Wildman–Crippen LogP) is 2.91. The first-order chi connectivity index (χ1) is 10.2. The van der Waals surface area contributed by atoms with Crippen LogP contribution in [0.5, 0.6) is 0 Å². The molecule has 0 fully saturated rings. The molecule has 0 aromatic rings. The van der Waals surface area contributed by atoms with Gasteiger partial charge in [-0.2, -0.15) is 57.1 Å². The maximum absolute atomic E-state index is 13.4. The van der Waals surface area contributed by atoms with E-state index in [1.54, 1.807) is 0 Å². The molecule has 0 radical (unpaired) electrons. The van der Waals surface area contributed by atoms with E-state index < -0.39 is 51.1 Å². The van der Waals surface area contributed by atoms with Crippen LogP contribution in [0.3, 0.4) is 0 Å². The van der Waals surface area contributed by atoms with Crippen molar-refractivity contribution in [1.29, 1.82) is 0 Å². The first-order valence-corrected chi connectivity index (χ1v) is 7.89. The summed E-state index contributed by atoms with van der Waals surface area (Å²) < 4.78 is 170. The average molecular weight is 424 g/mol. The molecule has 1 atom stereocenters. The lowest BCUT2D eigenvalue weighted by Gasteiger charge is -2.41. The van der Waals surface area contributed by atoms with Crippen LogP contribution in [-0.2, 0) is 4.12 Å². The van der Waals surface area contributed by atoms with E-state index in [4.69, 9.17) is 0 Å². The highest BCUT2D eigenvalue weighted by molar-refractivity contribution is 6.36. The highest BCUT2D eigenvalue weighted by Gasteiger charge is 2.91. The van der Waals surface area contributed by atoms with E-state index >= 15 is 0 Å². The van der Waals surface area contributed by atoms with Crippen molar-refractivity contribution in [3.05, 3.63) is 0 Å². The summed E-state index contributed by atoms with van der Waals surface area (Å²) in [5, 5.41) is 0. The monoisotopic (exact) mass is 424 g/mol. The Kier molecular flexibility index (Phi) is 6.20. The van der Waals surface area contributed by atoms with E-state index in [1.807, 2.05) is 0 Å². The molecular weight excluding hydrogens is 415 g/mol. The summed E-state index contributed by atoms with van der Waals surface area (Å²) >= 11 is 0. The van der Waals surface area contributed by atoms with Crippen molar-refractivity contribution in [2.24, 2.45) is 0 Å². The molecule has 0 aliphatic heterocycles. The second kappa shape index (κ2) is 6.33. The van der Waals surface area contributed by atoms with Gasteiger partial charge in [-0.1, -0.05) is 6.92 Å². The van der Waals surface area contributed by atoms with Gasteiger partial charge in [-0.3, -0.25) is 0 Å². The van der Waals surface area contributed by atoms with E-state index in [0.29, 0.717) is 0 Å². The first-order valence-electron chi connectivity index (χ1n) is 5.68. The molecule has 0 aliphatic rings. The Labute approximate surface area is 131 Å². The highest BCUT2D eigenvalue weighted by atomic mass is 28.3. The van der Waals surface area contributed by atoms with Crippen LogP contribution in [0.4, 0.5) is 57.1 Å². The van der Waals surface area contributed by atoms with Crippen molar-refractivity contribution in [2.45, 2.75) is 48.3 Å². The van der Waals surface area contributed by atoms with Crippen LogP contribution in [0, 0.1) is 0 Å². The van der Waals surface area contributed by atoms with E-state index in [2.05, 4.69) is 4.12 Å². The third-order valence-corrected chi connectivity index (χ3v) is 5.34. The van der Waals surface area contributed by atoms with Crippen molar-refractivity contribution in [1.82, 2.24) is 0 Å². The molecule has 0 amide bonds. The number of hydrogen-bond acceptors (Lipinski definition) is 1. The van der Waals surface area contributed by atoms with Gasteiger partial charge in [0.1, 0.15) is 10.5 Å². The summed E-state index contributed by atoms with van der Waals surface area (Å²) in [6, 6.07) is 0. The molecule has 1 unspecified atom stereocenters. The molecular formula is C8H9F13OSi2. The quantitative estimate of drug-likeness (QED) is 0.451. The SMILES string of the molecule is CC([SiH2]O[SiH3])C(F)(F)C(F)(F)C(F)(F)C(F)(F)C(F)(F)C(F)(F)F. The van der Waals surface area contributed by atoms with Gasteiger partial charge in [0, 0.05) is 5.54 Å². The van der Waals surface area contributed by atoms with Gasteiger partial charge in [0.15, 0.2) is 9.76 Å². The summed E-state index contributed by atoms with van der Waals surface area (Å²) in [5.74, 6) is -36.5. The van der Waals surface area contributed by atoms with Crippen LogP contribution in [0.25, 0.3) is 0 Å². The molecule has 146 valence electrons. The molecule has 0 aromatic carbocycles. The molecule has 0 rings (SSSR count). The zero-order valence-electron chi connectivity index (χ0n) is 11.6. The number of rotatable bonds is 7. The second-order valence-electron chi connectivity index (χ2n) is 4.77. The Morgan fingerprint density at radius 2 is 1.00 bits per heavy atom. The molecule has 24 heavy (non-hydrogen) atoms. The summed E-state index contributed by atoms with van der Waals surface area (Å²) in [7, 11) is -2.95. The maximum atomic E-state index is 13.4. The van der Waals surface area contributed by atoms with Gasteiger partial charge in [-0.25, -0.2) is 0 Å². The lowest BCUT2D eigenvalue weighted by Crippen LogP contribution is -2.70. The van der Waals surface area contributed by atoms with Gasteiger partial charge in [0.25, 0.3) is 0 Å². The third-order valence-electron chi connectivity index (χ3n) is 2.99. The smallest absolute Gasteiger partial charge is 0.460 e. The van der Waals surface area contributed by atoms with Gasteiger partial charge >= 0.3 is 35.8 Å². The van der Waals surface area contributed by atoms with Gasteiger partial charge < -0.3 is 4.12 Å². The number of hydrogen-bond donors (Lipinski definition) is 0. The van der Waals surface area contributed by atoms with Crippen molar-refractivity contribution in [3.8, 4) is 0 Å². The zero-order chi connectivity index (χ0) is 20.0. The minimum atomic E-state index is -7.84. The molecule has 0 spiro atoms. The third kappa shape index (κ3) is 3.15. The van der Waals surface area contributed by atoms with Crippen molar-refractivity contribution in [2.75, 3.05) is 0 Å². The van der Waals surface area contributed by atoms with E-state index in [9.17, 15) is 57.1 Å². The minimum Gasteiger partial charge on any atom is -0.468 e. The van der Waals surface area contributed by atoms with Gasteiger partial charge in [0.05, 0.1) is 0 Å². The Balaban J connectivity index is 6.20. The number of halogens is 13. The molecule has 16 heteroatoms. The van der Waals surface area contributed by atoms with E-state index in [1.165, 1.54) is 0 Å². The predicted molar refractivity (Wildman–Crippen MR) is 59.8 cm³/mol. The summed E-state index contributed by atoms with van der Waals surface area (Å²) in [6.07, 6.45) is -7.39. The molecule has 0 aromatic heterocycles. The zero-order valence-corrected chi connectivity index (χ0v) is 15.0. The standard InChI is InChI=1S/C8H9F13OSi2/c1-2(24-22-23)3(9,10)4(11,12)5(13,14)6(15,16)7(17,18)8(19,20)21/h2H,24H2,1,23H3. The molecule has 1 nitrogen and oxygen atoms in total. The van der Waals surface area contributed by atoms with E-state index in [0.717, 1.165) is 0 Å². The van der Waals surface area contributed by atoms with Gasteiger partial charge in [-0.15, -0.1) is 0 Å².